The van der Waals surface area contributed by atoms with Crippen molar-refractivity contribution in [2.45, 2.75) is 25.3 Å². The number of nitrogens with one attached hydrogen (secondary N) is 1. The highest BCUT2D eigenvalue weighted by atomic mass is 16.2. The maximum atomic E-state index is 12.6. The molecule has 138 valence electrons. The predicted octanol–water partition coefficient (Wildman–Crippen LogP) is 0.489. The zero-order valence-electron chi connectivity index (χ0n) is 14.9. The molecule has 1 amide bonds. The third-order valence-electron chi connectivity index (χ3n) is 5.14. The topological polar surface area (TPSA) is 79.2 Å². The number of carbonyl (C=O) groups excluding carboxylic acids is 1. The third kappa shape index (κ3) is 3.85. The highest BCUT2D eigenvalue weighted by Gasteiger charge is 2.23. The number of piperidine rings is 1. The molecule has 4 heterocycles. The summed E-state index contributed by atoms with van der Waals surface area (Å²) in [5.74, 6) is 1.32. The van der Waals surface area contributed by atoms with Crippen LogP contribution >= 0.6 is 0 Å². The van der Waals surface area contributed by atoms with Crippen LogP contribution in [0.25, 0.3) is 0 Å². The number of carbonyl (C=O) groups is 1. The summed E-state index contributed by atoms with van der Waals surface area (Å²) in [5, 5.41) is 8.04. The Balaban J connectivity index is 1.30. The molecule has 2 aromatic heterocycles. The Morgan fingerprint density at radius 2 is 2.00 bits per heavy atom. The number of anilines is 1. The van der Waals surface area contributed by atoms with Crippen molar-refractivity contribution < 1.29 is 4.79 Å². The standard InChI is InChI=1S/C18H25N7O/c26-17(14-25-8-4-16(22-25)15-3-1-5-19-13-15)23-9-11-24(12-10-23)18-20-6-2-7-21-18/h2,4,6-8,15,19H,1,3,5,9-14H2/t15-/m0/s1. The molecular formula is C18H25N7O. The highest BCUT2D eigenvalue weighted by molar-refractivity contribution is 5.76. The van der Waals surface area contributed by atoms with E-state index < -0.39 is 0 Å². The van der Waals surface area contributed by atoms with Gasteiger partial charge in [0.05, 0.1) is 5.69 Å². The Morgan fingerprint density at radius 3 is 2.73 bits per heavy atom. The van der Waals surface area contributed by atoms with E-state index in [1.807, 2.05) is 17.2 Å². The Bertz CT molecular complexity index is 718. The molecule has 2 aliphatic heterocycles. The molecule has 2 fully saturated rings. The Kier molecular flexibility index (Phi) is 5.10. The van der Waals surface area contributed by atoms with E-state index >= 15 is 0 Å². The van der Waals surface area contributed by atoms with E-state index in [0.717, 1.165) is 37.8 Å². The van der Waals surface area contributed by atoms with Crippen molar-refractivity contribution in [3.63, 3.8) is 0 Å². The lowest BCUT2D eigenvalue weighted by Crippen LogP contribution is -2.50. The maximum absolute atomic E-state index is 12.6. The van der Waals surface area contributed by atoms with Gasteiger partial charge >= 0.3 is 0 Å². The summed E-state index contributed by atoms with van der Waals surface area (Å²) >= 11 is 0. The molecule has 2 aromatic rings. The molecule has 2 saturated heterocycles. The van der Waals surface area contributed by atoms with E-state index in [2.05, 4.69) is 31.3 Å². The summed E-state index contributed by atoms with van der Waals surface area (Å²) in [6.45, 7) is 5.28. The predicted molar refractivity (Wildman–Crippen MR) is 97.9 cm³/mol. The molecule has 0 radical (unpaired) electrons. The van der Waals surface area contributed by atoms with Crippen molar-refractivity contribution in [3.8, 4) is 0 Å². The lowest BCUT2D eigenvalue weighted by atomic mass is 9.97. The number of nitrogens with zero attached hydrogens (tertiary/aromatic N) is 6. The first-order chi connectivity index (χ1) is 12.8. The van der Waals surface area contributed by atoms with Crippen molar-refractivity contribution in [1.82, 2.24) is 30.0 Å². The van der Waals surface area contributed by atoms with Gasteiger partial charge in [0.15, 0.2) is 0 Å². The van der Waals surface area contributed by atoms with Gasteiger partial charge in [-0.3, -0.25) is 9.48 Å². The van der Waals surface area contributed by atoms with Crippen LogP contribution in [0.5, 0.6) is 0 Å². The van der Waals surface area contributed by atoms with Crippen LogP contribution < -0.4 is 10.2 Å². The first-order valence-corrected chi connectivity index (χ1v) is 9.33. The quantitative estimate of drug-likeness (QED) is 0.860. The first-order valence-electron chi connectivity index (χ1n) is 9.33. The molecule has 8 heteroatoms. The van der Waals surface area contributed by atoms with E-state index in [9.17, 15) is 4.79 Å². The second kappa shape index (κ2) is 7.82. The molecule has 1 N–H and O–H groups in total. The average Bonchev–Trinajstić information content (AvgIpc) is 3.18. The molecule has 4 rings (SSSR count). The number of aromatic nitrogens is 4. The summed E-state index contributed by atoms with van der Waals surface area (Å²) in [7, 11) is 0. The molecule has 8 nitrogen and oxygen atoms in total. The monoisotopic (exact) mass is 355 g/mol. The van der Waals surface area contributed by atoms with E-state index in [0.29, 0.717) is 25.6 Å². The fourth-order valence-electron chi connectivity index (χ4n) is 3.64. The van der Waals surface area contributed by atoms with Gasteiger partial charge in [-0.25, -0.2) is 9.97 Å². The summed E-state index contributed by atoms with van der Waals surface area (Å²) in [6, 6.07) is 3.86. The fourth-order valence-corrected chi connectivity index (χ4v) is 3.64. The lowest BCUT2D eigenvalue weighted by molar-refractivity contribution is -0.132. The average molecular weight is 355 g/mol. The van der Waals surface area contributed by atoms with E-state index in [-0.39, 0.29) is 5.91 Å². The van der Waals surface area contributed by atoms with Crippen LogP contribution in [0, 0.1) is 0 Å². The van der Waals surface area contributed by atoms with Crippen molar-refractivity contribution in [1.29, 1.82) is 0 Å². The van der Waals surface area contributed by atoms with Crippen molar-refractivity contribution in [2.24, 2.45) is 0 Å². The van der Waals surface area contributed by atoms with E-state index in [1.165, 1.54) is 12.8 Å². The largest absolute Gasteiger partial charge is 0.338 e. The van der Waals surface area contributed by atoms with Crippen molar-refractivity contribution in [3.05, 3.63) is 36.4 Å². The highest BCUT2D eigenvalue weighted by Crippen LogP contribution is 2.21. The first kappa shape index (κ1) is 17.0. The van der Waals surface area contributed by atoms with Gasteiger partial charge in [-0.2, -0.15) is 5.10 Å². The zero-order valence-corrected chi connectivity index (χ0v) is 14.9. The molecular weight excluding hydrogens is 330 g/mol. The molecule has 1 atom stereocenters. The van der Waals surface area contributed by atoms with E-state index in [4.69, 9.17) is 0 Å². The van der Waals surface area contributed by atoms with Gasteiger partial charge in [0.2, 0.25) is 11.9 Å². The zero-order chi connectivity index (χ0) is 17.8. The summed E-state index contributed by atoms with van der Waals surface area (Å²) in [6.07, 6.45) is 7.78. The molecule has 0 spiro atoms. The molecule has 2 aliphatic rings. The number of rotatable bonds is 4. The smallest absolute Gasteiger partial charge is 0.244 e. The van der Waals surface area contributed by atoms with Gasteiger partial charge in [-0.1, -0.05) is 0 Å². The van der Waals surface area contributed by atoms with Gasteiger partial charge in [0.25, 0.3) is 0 Å². The van der Waals surface area contributed by atoms with Gasteiger partial charge in [0.1, 0.15) is 6.54 Å². The minimum Gasteiger partial charge on any atom is -0.338 e. The van der Waals surface area contributed by atoms with Gasteiger partial charge < -0.3 is 15.1 Å². The SMILES string of the molecule is O=C(Cn1ccc([C@H]2CCCNC2)n1)N1CCN(c2ncccn2)CC1. The lowest BCUT2D eigenvalue weighted by Gasteiger charge is -2.34. The summed E-state index contributed by atoms with van der Waals surface area (Å²) in [4.78, 5) is 25.2. The number of hydrogen-bond acceptors (Lipinski definition) is 6. The van der Waals surface area contributed by atoms with Crippen LogP contribution in [0.1, 0.15) is 24.5 Å². The maximum Gasteiger partial charge on any atom is 0.244 e. The number of hydrogen-bond donors (Lipinski definition) is 1. The van der Waals surface area contributed by atoms with E-state index in [1.54, 1.807) is 17.1 Å². The molecule has 0 bridgehead atoms. The minimum absolute atomic E-state index is 0.120. The van der Waals surface area contributed by atoms with Crippen LogP contribution in [-0.2, 0) is 11.3 Å². The van der Waals surface area contributed by atoms with Gasteiger partial charge in [-0.15, -0.1) is 0 Å². The Labute approximate surface area is 153 Å². The van der Waals surface area contributed by atoms with Crippen LogP contribution in [0.3, 0.4) is 0 Å². The van der Waals surface area contributed by atoms with Crippen LogP contribution in [-0.4, -0.2) is 69.8 Å². The normalized spacial score (nSPS) is 21.0. The minimum atomic E-state index is 0.120. The molecule has 0 unspecified atom stereocenters. The Hall–Kier alpha value is -2.48. The Morgan fingerprint density at radius 1 is 1.19 bits per heavy atom. The molecule has 26 heavy (non-hydrogen) atoms. The van der Waals surface area contributed by atoms with Gasteiger partial charge in [-0.05, 0) is 31.5 Å². The molecule has 0 aromatic carbocycles. The van der Waals surface area contributed by atoms with Crippen molar-refractivity contribution >= 4 is 11.9 Å². The van der Waals surface area contributed by atoms with Crippen molar-refractivity contribution in [2.75, 3.05) is 44.2 Å². The van der Waals surface area contributed by atoms with Crippen LogP contribution in [0.2, 0.25) is 0 Å². The van der Waals surface area contributed by atoms with Crippen LogP contribution in [0.15, 0.2) is 30.7 Å². The number of piperazine rings is 1. The van der Waals surface area contributed by atoms with Crippen LogP contribution in [0.4, 0.5) is 5.95 Å². The molecule has 0 aliphatic carbocycles. The summed E-state index contributed by atoms with van der Waals surface area (Å²) < 4.78 is 1.78. The molecule has 0 saturated carbocycles. The fraction of sp³-hybridized carbons (Fsp3) is 0.556. The number of amides is 1. The second-order valence-corrected chi connectivity index (χ2v) is 6.90. The second-order valence-electron chi connectivity index (χ2n) is 6.90. The van der Waals surface area contributed by atoms with Gasteiger partial charge in [0, 0.05) is 57.2 Å². The third-order valence-corrected chi connectivity index (χ3v) is 5.14. The summed E-state index contributed by atoms with van der Waals surface area (Å²) in [5.41, 5.74) is 1.09.